The number of ether oxygens (including phenoxy) is 1. The molecule has 0 aliphatic rings. The third kappa shape index (κ3) is 5.41. The van der Waals surface area contributed by atoms with Gasteiger partial charge in [0.15, 0.2) is 5.96 Å². The fraction of sp³-hybridized carbons (Fsp3) is 0.353. The van der Waals surface area contributed by atoms with Crippen LogP contribution in [0.15, 0.2) is 46.8 Å². The summed E-state index contributed by atoms with van der Waals surface area (Å²) in [7, 11) is 1.79. The van der Waals surface area contributed by atoms with E-state index in [0.29, 0.717) is 6.61 Å². The number of nitrogens with one attached hydrogen (secondary N) is 2. The number of benzene rings is 1. The highest BCUT2D eigenvalue weighted by Crippen LogP contribution is 2.13. The van der Waals surface area contributed by atoms with Crippen molar-refractivity contribution < 1.29 is 4.74 Å². The van der Waals surface area contributed by atoms with E-state index < -0.39 is 0 Å². The summed E-state index contributed by atoms with van der Waals surface area (Å²) in [5, 5.41) is 8.76. The summed E-state index contributed by atoms with van der Waals surface area (Å²) in [5.41, 5.74) is 1.17. The van der Waals surface area contributed by atoms with Gasteiger partial charge in [0.2, 0.25) is 0 Å². The van der Waals surface area contributed by atoms with Gasteiger partial charge < -0.3 is 15.4 Å². The Labute approximate surface area is 136 Å². The zero-order chi connectivity index (χ0) is 15.6. The molecule has 0 bridgehead atoms. The van der Waals surface area contributed by atoms with Crippen molar-refractivity contribution in [2.45, 2.75) is 19.9 Å². The first-order chi connectivity index (χ1) is 10.8. The maximum Gasteiger partial charge on any atom is 0.191 e. The molecule has 0 saturated carbocycles. The van der Waals surface area contributed by atoms with E-state index in [9.17, 15) is 0 Å². The minimum atomic E-state index is 0.683. The Bertz CT molecular complexity index is 581. The van der Waals surface area contributed by atoms with E-state index in [0.717, 1.165) is 31.2 Å². The van der Waals surface area contributed by atoms with E-state index in [2.05, 4.69) is 45.3 Å². The highest BCUT2D eigenvalue weighted by Gasteiger charge is 2.00. The van der Waals surface area contributed by atoms with Crippen molar-refractivity contribution in [3.63, 3.8) is 0 Å². The lowest BCUT2D eigenvalue weighted by molar-refractivity contribution is 0.340. The molecule has 0 aliphatic heterocycles. The lowest BCUT2D eigenvalue weighted by Crippen LogP contribution is -2.37. The highest BCUT2D eigenvalue weighted by atomic mass is 32.1. The summed E-state index contributed by atoms with van der Waals surface area (Å²) < 4.78 is 5.51. The number of hydrogen-bond acceptors (Lipinski definition) is 3. The van der Waals surface area contributed by atoms with Crippen molar-refractivity contribution in [3.8, 4) is 5.75 Å². The summed E-state index contributed by atoms with van der Waals surface area (Å²) in [4.78, 5) is 5.63. The van der Waals surface area contributed by atoms with Gasteiger partial charge in [0.1, 0.15) is 5.75 Å². The predicted octanol–water partition coefficient (Wildman–Crippen LogP) is 3.05. The molecule has 0 amide bonds. The van der Waals surface area contributed by atoms with Gasteiger partial charge in [-0.25, -0.2) is 0 Å². The predicted molar refractivity (Wildman–Crippen MR) is 93.8 cm³/mol. The van der Waals surface area contributed by atoms with Crippen molar-refractivity contribution in [1.29, 1.82) is 0 Å². The molecule has 0 atom stereocenters. The number of guanidine groups is 1. The molecule has 4 nitrogen and oxygen atoms in total. The lowest BCUT2D eigenvalue weighted by atomic mass is 10.2. The Morgan fingerprint density at radius 2 is 2.14 bits per heavy atom. The molecule has 0 unspecified atom stereocenters. The third-order valence-electron chi connectivity index (χ3n) is 3.14. The van der Waals surface area contributed by atoms with Crippen LogP contribution in [0.2, 0.25) is 0 Å². The van der Waals surface area contributed by atoms with Crippen LogP contribution in [0.4, 0.5) is 0 Å². The second-order valence-corrected chi connectivity index (χ2v) is 5.79. The fourth-order valence-electron chi connectivity index (χ4n) is 2.08. The molecule has 22 heavy (non-hydrogen) atoms. The van der Waals surface area contributed by atoms with Crippen LogP contribution in [0.25, 0.3) is 0 Å². The number of nitrogens with zero attached hydrogens (tertiary/aromatic N) is 1. The molecule has 0 spiro atoms. The molecule has 0 aliphatic carbocycles. The van der Waals surface area contributed by atoms with E-state index in [1.165, 1.54) is 10.4 Å². The topological polar surface area (TPSA) is 45.6 Å². The Kier molecular flexibility index (Phi) is 6.77. The van der Waals surface area contributed by atoms with Crippen LogP contribution in [0, 0.1) is 0 Å². The zero-order valence-corrected chi connectivity index (χ0v) is 14.0. The summed E-state index contributed by atoms with van der Waals surface area (Å²) in [5.74, 6) is 1.72. The van der Waals surface area contributed by atoms with Gasteiger partial charge in [-0.15, -0.1) is 11.3 Å². The molecule has 2 N–H and O–H groups in total. The minimum Gasteiger partial charge on any atom is -0.494 e. The Morgan fingerprint density at radius 3 is 2.86 bits per heavy atom. The Balaban J connectivity index is 1.77. The van der Waals surface area contributed by atoms with Gasteiger partial charge in [0.25, 0.3) is 0 Å². The molecule has 0 radical (unpaired) electrons. The summed E-state index contributed by atoms with van der Waals surface area (Å²) in [6.07, 6.45) is 1.01. The van der Waals surface area contributed by atoms with Gasteiger partial charge in [0.05, 0.1) is 6.61 Å². The van der Waals surface area contributed by atoms with Gasteiger partial charge in [-0.3, -0.25) is 4.99 Å². The SMILES string of the molecule is CCOc1cccc(CNC(=NC)NCCc2cccs2)c1. The standard InChI is InChI=1S/C17H23N3OS/c1-3-21-15-7-4-6-14(12-15)13-20-17(18-2)19-10-9-16-8-5-11-22-16/h4-8,11-12H,3,9-10,13H2,1-2H3,(H2,18,19,20). The average molecular weight is 317 g/mol. The van der Waals surface area contributed by atoms with Crippen LogP contribution in [-0.2, 0) is 13.0 Å². The van der Waals surface area contributed by atoms with Crippen molar-refractivity contribution in [1.82, 2.24) is 10.6 Å². The maximum absolute atomic E-state index is 5.51. The molecule has 2 aromatic rings. The lowest BCUT2D eigenvalue weighted by Gasteiger charge is -2.12. The number of rotatable bonds is 7. The quantitative estimate of drug-likeness (QED) is 0.609. The van der Waals surface area contributed by atoms with Crippen LogP contribution < -0.4 is 15.4 Å². The molecule has 5 heteroatoms. The summed E-state index contributed by atoms with van der Waals surface area (Å²) in [6.45, 7) is 4.27. The maximum atomic E-state index is 5.51. The van der Waals surface area contributed by atoms with Crippen molar-refractivity contribution >= 4 is 17.3 Å². The molecule has 2 rings (SSSR count). The van der Waals surface area contributed by atoms with Crippen molar-refractivity contribution in [2.75, 3.05) is 20.2 Å². The summed E-state index contributed by atoms with van der Waals surface area (Å²) in [6, 6.07) is 12.3. The monoisotopic (exact) mass is 317 g/mol. The van der Waals surface area contributed by atoms with Crippen LogP contribution in [0.5, 0.6) is 5.75 Å². The second kappa shape index (κ2) is 9.10. The molecular weight excluding hydrogens is 294 g/mol. The third-order valence-corrected chi connectivity index (χ3v) is 4.07. The molecule has 0 saturated heterocycles. The largest absolute Gasteiger partial charge is 0.494 e. The smallest absolute Gasteiger partial charge is 0.191 e. The minimum absolute atomic E-state index is 0.683. The zero-order valence-electron chi connectivity index (χ0n) is 13.1. The number of hydrogen-bond donors (Lipinski definition) is 2. The Hall–Kier alpha value is -2.01. The normalized spacial score (nSPS) is 11.3. The van der Waals surface area contributed by atoms with Crippen LogP contribution in [-0.4, -0.2) is 26.2 Å². The van der Waals surface area contributed by atoms with Crippen molar-refractivity contribution in [2.24, 2.45) is 4.99 Å². The molecular formula is C17H23N3OS. The summed E-state index contributed by atoms with van der Waals surface area (Å²) >= 11 is 1.78. The van der Waals surface area contributed by atoms with E-state index in [-0.39, 0.29) is 0 Å². The van der Waals surface area contributed by atoms with E-state index in [1.807, 2.05) is 19.1 Å². The van der Waals surface area contributed by atoms with E-state index >= 15 is 0 Å². The van der Waals surface area contributed by atoms with Crippen LogP contribution in [0.3, 0.4) is 0 Å². The van der Waals surface area contributed by atoms with Gasteiger partial charge in [-0.2, -0.15) is 0 Å². The van der Waals surface area contributed by atoms with E-state index in [4.69, 9.17) is 4.74 Å². The molecule has 118 valence electrons. The second-order valence-electron chi connectivity index (χ2n) is 4.76. The van der Waals surface area contributed by atoms with Gasteiger partial charge in [-0.05, 0) is 42.5 Å². The van der Waals surface area contributed by atoms with Crippen LogP contribution >= 0.6 is 11.3 Å². The molecule has 1 aromatic carbocycles. The first-order valence-electron chi connectivity index (χ1n) is 7.50. The van der Waals surface area contributed by atoms with Gasteiger partial charge >= 0.3 is 0 Å². The average Bonchev–Trinajstić information content (AvgIpc) is 3.05. The Morgan fingerprint density at radius 1 is 1.23 bits per heavy atom. The molecule has 1 heterocycles. The van der Waals surface area contributed by atoms with Gasteiger partial charge in [-0.1, -0.05) is 18.2 Å². The number of aliphatic imine (C=N–C) groups is 1. The van der Waals surface area contributed by atoms with Crippen LogP contribution in [0.1, 0.15) is 17.4 Å². The first kappa shape index (κ1) is 16.4. The molecule has 1 aromatic heterocycles. The highest BCUT2D eigenvalue weighted by molar-refractivity contribution is 7.09. The fourth-order valence-corrected chi connectivity index (χ4v) is 2.79. The molecule has 0 fully saturated rings. The van der Waals surface area contributed by atoms with Crippen molar-refractivity contribution in [3.05, 3.63) is 52.2 Å². The van der Waals surface area contributed by atoms with E-state index in [1.54, 1.807) is 18.4 Å². The van der Waals surface area contributed by atoms with Gasteiger partial charge in [0, 0.05) is 25.0 Å². The number of thiophene rings is 1. The first-order valence-corrected chi connectivity index (χ1v) is 8.38.